The quantitative estimate of drug-likeness (QED) is 0.648. The molecule has 1 aliphatic heterocycles. The Hall–Kier alpha value is -3.00. The minimum Gasteiger partial charge on any atom is -0.338 e. The van der Waals surface area contributed by atoms with Gasteiger partial charge in [0.15, 0.2) is 5.78 Å². The first-order valence-electron chi connectivity index (χ1n) is 10.0. The van der Waals surface area contributed by atoms with Crippen LogP contribution in [0.4, 0.5) is 0 Å². The molecule has 4 rings (SSSR count). The van der Waals surface area contributed by atoms with Crippen molar-refractivity contribution in [3.8, 4) is 0 Å². The molecule has 0 bridgehead atoms. The zero-order valence-corrected chi connectivity index (χ0v) is 16.8. The van der Waals surface area contributed by atoms with Crippen LogP contribution in [0.3, 0.4) is 0 Å². The molecule has 8 heteroatoms. The Morgan fingerprint density at radius 2 is 1.93 bits per heavy atom. The van der Waals surface area contributed by atoms with Crippen molar-refractivity contribution in [3.05, 3.63) is 48.2 Å². The summed E-state index contributed by atoms with van der Waals surface area (Å²) < 4.78 is 1.98. The van der Waals surface area contributed by atoms with Gasteiger partial charge in [-0.15, -0.1) is 0 Å². The van der Waals surface area contributed by atoms with Gasteiger partial charge < -0.3 is 9.47 Å². The number of carbonyl (C=O) groups excluding carboxylic acids is 2. The van der Waals surface area contributed by atoms with E-state index in [0.29, 0.717) is 31.6 Å². The summed E-state index contributed by atoms with van der Waals surface area (Å²) in [6, 6.07) is 7.49. The smallest absolute Gasteiger partial charge is 0.245 e. The van der Waals surface area contributed by atoms with Gasteiger partial charge in [-0.2, -0.15) is 5.10 Å². The summed E-state index contributed by atoms with van der Waals surface area (Å²) in [7, 11) is 0. The van der Waals surface area contributed by atoms with Crippen molar-refractivity contribution in [2.45, 2.75) is 32.9 Å². The van der Waals surface area contributed by atoms with Crippen molar-refractivity contribution in [1.82, 2.24) is 29.5 Å². The molecule has 1 unspecified atom stereocenters. The van der Waals surface area contributed by atoms with E-state index in [4.69, 9.17) is 0 Å². The number of rotatable bonds is 6. The Labute approximate surface area is 169 Å². The van der Waals surface area contributed by atoms with Crippen LogP contribution in [0.1, 0.15) is 42.5 Å². The van der Waals surface area contributed by atoms with Gasteiger partial charge in [0.2, 0.25) is 5.91 Å². The number of piperazine rings is 1. The predicted octanol–water partition coefficient (Wildman–Crippen LogP) is 2.26. The summed E-state index contributed by atoms with van der Waals surface area (Å²) >= 11 is 0. The minimum absolute atomic E-state index is 0.0169. The second-order valence-electron chi connectivity index (χ2n) is 7.48. The van der Waals surface area contributed by atoms with Crippen molar-refractivity contribution in [2.24, 2.45) is 0 Å². The number of hydrogen-bond donors (Lipinski definition) is 1. The lowest BCUT2D eigenvalue weighted by atomic mass is 10.1. The molecule has 1 fully saturated rings. The van der Waals surface area contributed by atoms with Gasteiger partial charge in [-0.05, 0) is 19.4 Å². The number of para-hydroxylation sites is 1. The van der Waals surface area contributed by atoms with Gasteiger partial charge in [0.1, 0.15) is 18.2 Å². The van der Waals surface area contributed by atoms with E-state index in [0.717, 1.165) is 29.8 Å². The molecule has 1 amide bonds. The maximum atomic E-state index is 13.3. The van der Waals surface area contributed by atoms with E-state index >= 15 is 0 Å². The zero-order chi connectivity index (χ0) is 20.4. The number of hydrogen-bond acceptors (Lipinski definition) is 5. The topological polar surface area (TPSA) is 87.1 Å². The van der Waals surface area contributed by atoms with Crippen LogP contribution in [0.5, 0.6) is 0 Å². The van der Waals surface area contributed by atoms with Crippen molar-refractivity contribution in [2.75, 3.05) is 26.2 Å². The molecule has 0 radical (unpaired) electrons. The third-order valence-electron chi connectivity index (χ3n) is 5.65. The van der Waals surface area contributed by atoms with Gasteiger partial charge in [0, 0.05) is 48.8 Å². The molecule has 1 N–H and O–H groups in total. The lowest BCUT2D eigenvalue weighted by molar-refractivity contribution is -0.136. The molecule has 1 aromatic carbocycles. The molecule has 0 aliphatic carbocycles. The van der Waals surface area contributed by atoms with Crippen LogP contribution in [0, 0.1) is 0 Å². The Kier molecular flexibility index (Phi) is 5.44. The standard InChI is InChI=1S/C21H26N6O2/c1-3-18(27-12-17(15(2)28)16-6-4-5-7-19(16)27)21(29)26-10-8-25(9-11-26)13-20-22-14-23-24-20/h4-7,12,14,18H,3,8-11,13H2,1-2H3,(H,22,23,24). The van der Waals surface area contributed by atoms with Crippen LogP contribution in [-0.2, 0) is 11.3 Å². The normalized spacial score (nSPS) is 16.3. The summed E-state index contributed by atoms with van der Waals surface area (Å²) in [5.41, 5.74) is 1.60. The van der Waals surface area contributed by atoms with Gasteiger partial charge in [-0.25, -0.2) is 4.98 Å². The second-order valence-corrected chi connectivity index (χ2v) is 7.48. The molecular formula is C21H26N6O2. The first kappa shape index (κ1) is 19.3. The number of nitrogens with one attached hydrogen (secondary N) is 1. The number of Topliss-reactive ketones (excluding diaryl/α,β-unsaturated/α-hetero) is 1. The van der Waals surface area contributed by atoms with E-state index in [1.165, 1.54) is 6.33 Å². The number of benzene rings is 1. The van der Waals surface area contributed by atoms with Crippen molar-refractivity contribution < 1.29 is 9.59 Å². The SMILES string of the molecule is CCC(C(=O)N1CCN(Cc2ncn[nH]2)CC1)n1cc(C(C)=O)c2ccccc21. The summed E-state index contributed by atoms with van der Waals surface area (Å²) in [5.74, 6) is 0.970. The average molecular weight is 394 g/mol. The Balaban J connectivity index is 1.51. The number of fused-ring (bicyclic) bond motifs is 1. The highest BCUT2D eigenvalue weighted by molar-refractivity contribution is 6.07. The fraction of sp³-hybridized carbons (Fsp3) is 0.429. The summed E-state index contributed by atoms with van der Waals surface area (Å²) in [6.07, 6.45) is 4.03. The molecule has 3 heterocycles. The first-order valence-corrected chi connectivity index (χ1v) is 10.0. The van der Waals surface area contributed by atoms with E-state index in [1.807, 2.05) is 46.9 Å². The van der Waals surface area contributed by atoms with Gasteiger partial charge >= 0.3 is 0 Å². The van der Waals surface area contributed by atoms with Crippen molar-refractivity contribution in [3.63, 3.8) is 0 Å². The largest absolute Gasteiger partial charge is 0.338 e. The van der Waals surface area contributed by atoms with Crippen LogP contribution in [0.25, 0.3) is 10.9 Å². The molecule has 8 nitrogen and oxygen atoms in total. The molecule has 3 aromatic rings. The fourth-order valence-electron chi connectivity index (χ4n) is 4.09. The lowest BCUT2D eigenvalue weighted by Crippen LogP contribution is -2.50. The van der Waals surface area contributed by atoms with E-state index in [9.17, 15) is 9.59 Å². The van der Waals surface area contributed by atoms with Crippen LogP contribution in [0.15, 0.2) is 36.8 Å². The van der Waals surface area contributed by atoms with E-state index in [1.54, 1.807) is 6.92 Å². The molecule has 0 spiro atoms. The number of aromatic nitrogens is 4. The number of ketones is 1. The summed E-state index contributed by atoms with van der Waals surface area (Å²) in [6.45, 7) is 7.27. The van der Waals surface area contributed by atoms with E-state index < -0.39 is 0 Å². The Morgan fingerprint density at radius 3 is 2.59 bits per heavy atom. The third-order valence-corrected chi connectivity index (χ3v) is 5.65. The zero-order valence-electron chi connectivity index (χ0n) is 16.8. The average Bonchev–Trinajstić information content (AvgIpc) is 3.37. The predicted molar refractivity (Wildman–Crippen MR) is 110 cm³/mol. The highest BCUT2D eigenvalue weighted by atomic mass is 16.2. The highest BCUT2D eigenvalue weighted by Crippen LogP contribution is 2.28. The fourth-order valence-corrected chi connectivity index (χ4v) is 4.09. The summed E-state index contributed by atoms with van der Waals surface area (Å²) in [4.78, 5) is 33.8. The number of nitrogens with zero attached hydrogens (tertiary/aromatic N) is 5. The van der Waals surface area contributed by atoms with Crippen molar-refractivity contribution >= 4 is 22.6 Å². The van der Waals surface area contributed by atoms with Gasteiger partial charge in [0.05, 0.1) is 6.54 Å². The lowest BCUT2D eigenvalue weighted by Gasteiger charge is -2.36. The Morgan fingerprint density at radius 1 is 1.17 bits per heavy atom. The molecule has 2 aromatic heterocycles. The van der Waals surface area contributed by atoms with Gasteiger partial charge in [-0.1, -0.05) is 25.1 Å². The van der Waals surface area contributed by atoms with Gasteiger partial charge in [0.25, 0.3) is 0 Å². The van der Waals surface area contributed by atoms with E-state index in [2.05, 4.69) is 20.1 Å². The number of aromatic amines is 1. The molecule has 0 saturated carbocycles. The monoisotopic (exact) mass is 394 g/mol. The molecule has 1 saturated heterocycles. The maximum absolute atomic E-state index is 13.3. The molecule has 152 valence electrons. The number of amides is 1. The minimum atomic E-state index is -0.311. The van der Waals surface area contributed by atoms with Crippen molar-refractivity contribution in [1.29, 1.82) is 0 Å². The highest BCUT2D eigenvalue weighted by Gasteiger charge is 2.29. The van der Waals surface area contributed by atoms with E-state index in [-0.39, 0.29) is 17.7 Å². The van der Waals surface area contributed by atoms with Crippen LogP contribution in [0.2, 0.25) is 0 Å². The summed E-state index contributed by atoms with van der Waals surface area (Å²) in [5, 5.41) is 7.67. The number of H-pyrrole nitrogens is 1. The molecular weight excluding hydrogens is 368 g/mol. The van der Waals surface area contributed by atoms with Crippen LogP contribution >= 0.6 is 0 Å². The first-order chi connectivity index (χ1) is 14.1. The molecule has 1 aliphatic rings. The van der Waals surface area contributed by atoms with Crippen LogP contribution < -0.4 is 0 Å². The second kappa shape index (κ2) is 8.16. The molecule has 1 atom stereocenters. The van der Waals surface area contributed by atoms with Gasteiger partial charge in [-0.3, -0.25) is 19.6 Å². The third kappa shape index (κ3) is 3.80. The molecule has 29 heavy (non-hydrogen) atoms. The maximum Gasteiger partial charge on any atom is 0.245 e. The van der Waals surface area contributed by atoms with Crippen LogP contribution in [-0.4, -0.2) is 67.4 Å². The number of carbonyl (C=O) groups is 2. The Bertz CT molecular complexity index is 1000.